The third-order valence-corrected chi connectivity index (χ3v) is 5.20. The largest absolute Gasteiger partial charge is 0.504 e. The number of aromatic hydroxyl groups is 4. The molecule has 0 aromatic heterocycles. The van der Waals surface area contributed by atoms with Gasteiger partial charge in [-0.1, -0.05) is 12.1 Å². The zero-order chi connectivity index (χ0) is 24.8. The van der Waals surface area contributed by atoms with Crippen LogP contribution in [0.2, 0.25) is 0 Å². The smallest absolute Gasteiger partial charge is 0.331 e. The lowest BCUT2D eigenvalue weighted by Gasteiger charge is -2.41. The summed E-state index contributed by atoms with van der Waals surface area (Å²) < 4.78 is 16.3. The van der Waals surface area contributed by atoms with E-state index in [2.05, 4.69) is 0 Å². The van der Waals surface area contributed by atoms with E-state index in [1.165, 1.54) is 36.4 Å². The Morgan fingerprint density at radius 2 is 1.62 bits per heavy atom. The molecule has 3 rings (SSSR count). The summed E-state index contributed by atoms with van der Waals surface area (Å²) in [5.41, 5.74) is 1.01. The fraction of sp³-hybridized carbons (Fsp3) is 0.348. The molecule has 184 valence electrons. The molecule has 0 amide bonds. The van der Waals surface area contributed by atoms with Crippen molar-refractivity contribution in [1.29, 1.82) is 0 Å². The maximum Gasteiger partial charge on any atom is 0.331 e. The standard InChI is InChI=1S/C23H26O11/c24-11-18-20(30)21(31)22(34-19(29)6-3-12-1-4-14(25)16(27)9-12)23(33-18)32-8-7-13-2-5-15(26)17(28)10-13/h1-6,9-10,18,20-28,30-31H,7-8,11H2/b6-3+/t18-,20-,21-,22+,23+/m0/s1. The van der Waals surface area contributed by atoms with Gasteiger partial charge >= 0.3 is 5.97 Å². The molecule has 11 heteroatoms. The first kappa shape index (κ1) is 25.3. The zero-order valence-electron chi connectivity index (χ0n) is 17.9. The molecule has 0 saturated carbocycles. The molecule has 2 aromatic carbocycles. The molecule has 2 aromatic rings. The van der Waals surface area contributed by atoms with Crippen molar-refractivity contribution in [3.05, 3.63) is 53.6 Å². The Bertz CT molecular complexity index is 1020. The van der Waals surface area contributed by atoms with Crippen molar-refractivity contribution in [1.82, 2.24) is 0 Å². The Kier molecular flexibility index (Phi) is 8.31. The fourth-order valence-electron chi connectivity index (χ4n) is 3.32. The van der Waals surface area contributed by atoms with E-state index in [0.29, 0.717) is 11.1 Å². The van der Waals surface area contributed by atoms with Gasteiger partial charge in [-0.15, -0.1) is 0 Å². The van der Waals surface area contributed by atoms with Gasteiger partial charge in [-0.05, 0) is 47.9 Å². The monoisotopic (exact) mass is 478 g/mol. The highest BCUT2D eigenvalue weighted by Gasteiger charge is 2.47. The van der Waals surface area contributed by atoms with Gasteiger partial charge in [0.05, 0.1) is 13.2 Å². The first-order valence-corrected chi connectivity index (χ1v) is 10.3. The van der Waals surface area contributed by atoms with Gasteiger partial charge in [0, 0.05) is 6.08 Å². The lowest BCUT2D eigenvalue weighted by atomic mass is 9.99. The van der Waals surface area contributed by atoms with E-state index in [4.69, 9.17) is 14.2 Å². The summed E-state index contributed by atoms with van der Waals surface area (Å²) in [5.74, 6) is -2.18. The normalized spacial score (nSPS) is 24.9. The molecular weight excluding hydrogens is 452 g/mol. The number of aliphatic hydroxyl groups is 3. The molecule has 34 heavy (non-hydrogen) atoms. The van der Waals surface area contributed by atoms with Crippen LogP contribution in [0.15, 0.2) is 42.5 Å². The van der Waals surface area contributed by atoms with E-state index < -0.39 is 43.3 Å². The number of phenolic OH excluding ortho intramolecular Hbond substituents is 4. The lowest BCUT2D eigenvalue weighted by Crippen LogP contribution is -2.60. The molecule has 0 bridgehead atoms. The summed E-state index contributed by atoms with van der Waals surface area (Å²) in [4.78, 5) is 12.3. The molecule has 1 fully saturated rings. The third kappa shape index (κ3) is 6.16. The molecule has 5 atom stereocenters. The maximum atomic E-state index is 12.3. The van der Waals surface area contributed by atoms with Gasteiger partial charge in [0.2, 0.25) is 0 Å². The molecule has 11 nitrogen and oxygen atoms in total. The number of ether oxygens (including phenoxy) is 3. The predicted octanol–water partition coefficient (Wildman–Crippen LogP) is 0.132. The number of rotatable bonds is 8. The van der Waals surface area contributed by atoms with Crippen LogP contribution in [0, 0.1) is 0 Å². The first-order valence-electron chi connectivity index (χ1n) is 10.3. The number of carbonyl (C=O) groups is 1. The molecule has 1 aliphatic heterocycles. The van der Waals surface area contributed by atoms with Gasteiger partial charge in [-0.2, -0.15) is 0 Å². The van der Waals surface area contributed by atoms with Crippen LogP contribution in [0.4, 0.5) is 0 Å². The Morgan fingerprint density at radius 3 is 2.26 bits per heavy atom. The molecule has 1 aliphatic rings. The molecule has 1 heterocycles. The molecule has 0 unspecified atom stereocenters. The average molecular weight is 478 g/mol. The second-order valence-electron chi connectivity index (χ2n) is 7.63. The van der Waals surface area contributed by atoms with E-state index in [-0.39, 0.29) is 36.0 Å². The Morgan fingerprint density at radius 1 is 0.941 bits per heavy atom. The van der Waals surface area contributed by atoms with Crippen molar-refractivity contribution in [3.63, 3.8) is 0 Å². The van der Waals surface area contributed by atoms with Crippen molar-refractivity contribution < 1.29 is 54.8 Å². The SMILES string of the molecule is O=C(/C=C/c1ccc(O)c(O)c1)O[C@H]1[C@H](OCCc2ccc(O)c(O)c2)O[C@@H](CO)[C@H](O)[C@@H]1O. The highest BCUT2D eigenvalue weighted by Crippen LogP contribution is 2.28. The molecule has 0 radical (unpaired) electrons. The minimum absolute atomic E-state index is 0.00742. The molecular formula is C23H26O11. The van der Waals surface area contributed by atoms with Crippen LogP contribution in [0.3, 0.4) is 0 Å². The minimum atomic E-state index is -1.62. The topological polar surface area (TPSA) is 186 Å². The fourth-order valence-corrected chi connectivity index (χ4v) is 3.32. The van der Waals surface area contributed by atoms with Gasteiger partial charge in [0.15, 0.2) is 35.4 Å². The Labute approximate surface area is 194 Å². The maximum absolute atomic E-state index is 12.3. The van der Waals surface area contributed by atoms with Crippen molar-refractivity contribution in [2.24, 2.45) is 0 Å². The molecule has 7 N–H and O–H groups in total. The summed E-state index contributed by atoms with van der Waals surface area (Å²) >= 11 is 0. The highest BCUT2D eigenvalue weighted by molar-refractivity contribution is 5.87. The van der Waals surface area contributed by atoms with E-state index >= 15 is 0 Å². The Hall–Kier alpha value is -3.35. The summed E-state index contributed by atoms with van der Waals surface area (Å²) in [6, 6.07) is 8.13. The average Bonchev–Trinajstić information content (AvgIpc) is 2.81. The van der Waals surface area contributed by atoms with Crippen molar-refractivity contribution in [3.8, 4) is 23.0 Å². The highest BCUT2D eigenvalue weighted by atomic mass is 16.7. The van der Waals surface area contributed by atoms with Gasteiger partial charge in [-0.3, -0.25) is 0 Å². The van der Waals surface area contributed by atoms with E-state index in [0.717, 1.165) is 6.08 Å². The number of phenols is 4. The van der Waals surface area contributed by atoms with Crippen LogP contribution < -0.4 is 0 Å². The van der Waals surface area contributed by atoms with Crippen LogP contribution >= 0.6 is 0 Å². The summed E-state index contributed by atoms with van der Waals surface area (Å²) in [6.45, 7) is -0.624. The second-order valence-corrected chi connectivity index (χ2v) is 7.63. The van der Waals surface area contributed by atoms with Crippen LogP contribution in [0.1, 0.15) is 11.1 Å². The number of esters is 1. The molecule has 0 spiro atoms. The number of carbonyl (C=O) groups excluding carboxylic acids is 1. The van der Waals surface area contributed by atoms with Crippen LogP contribution in [-0.2, 0) is 25.4 Å². The van der Waals surface area contributed by atoms with Gasteiger partial charge in [0.1, 0.15) is 18.3 Å². The lowest BCUT2D eigenvalue weighted by molar-refractivity contribution is -0.303. The van der Waals surface area contributed by atoms with Crippen LogP contribution in [0.5, 0.6) is 23.0 Å². The summed E-state index contributed by atoms with van der Waals surface area (Å²) in [6.07, 6.45) is -4.52. The number of hydrogen-bond donors (Lipinski definition) is 7. The van der Waals surface area contributed by atoms with Crippen molar-refractivity contribution >= 4 is 12.0 Å². The predicted molar refractivity (Wildman–Crippen MR) is 116 cm³/mol. The summed E-state index contributed by atoms with van der Waals surface area (Å²) in [7, 11) is 0. The van der Waals surface area contributed by atoms with Crippen LogP contribution in [0.25, 0.3) is 6.08 Å². The van der Waals surface area contributed by atoms with Crippen LogP contribution in [-0.4, -0.2) is 85.6 Å². The summed E-state index contributed by atoms with van der Waals surface area (Å²) in [5, 5.41) is 67.9. The van der Waals surface area contributed by atoms with Crippen molar-refractivity contribution in [2.75, 3.05) is 13.2 Å². The third-order valence-electron chi connectivity index (χ3n) is 5.20. The van der Waals surface area contributed by atoms with Gasteiger partial charge in [0.25, 0.3) is 0 Å². The van der Waals surface area contributed by atoms with E-state index in [1.54, 1.807) is 6.07 Å². The first-order chi connectivity index (χ1) is 16.2. The second kappa shape index (κ2) is 11.2. The minimum Gasteiger partial charge on any atom is -0.504 e. The van der Waals surface area contributed by atoms with Gasteiger partial charge in [-0.25, -0.2) is 4.79 Å². The van der Waals surface area contributed by atoms with Gasteiger partial charge < -0.3 is 50.0 Å². The molecule has 0 aliphatic carbocycles. The Balaban J connectivity index is 1.66. The quantitative estimate of drug-likeness (QED) is 0.155. The van der Waals surface area contributed by atoms with E-state index in [1.807, 2.05) is 0 Å². The number of benzene rings is 2. The van der Waals surface area contributed by atoms with Crippen molar-refractivity contribution in [2.45, 2.75) is 37.1 Å². The number of hydrogen-bond acceptors (Lipinski definition) is 11. The zero-order valence-corrected chi connectivity index (χ0v) is 17.9. The number of aliphatic hydroxyl groups excluding tert-OH is 3. The molecule has 1 saturated heterocycles. The van der Waals surface area contributed by atoms with E-state index in [9.17, 15) is 40.5 Å².